The highest BCUT2D eigenvalue weighted by Crippen LogP contribution is 2.23. The lowest BCUT2D eigenvalue weighted by molar-refractivity contribution is -0.131. The smallest absolute Gasteiger partial charge is 0.328 e. The molecule has 0 aliphatic carbocycles. The van der Waals surface area contributed by atoms with Crippen LogP contribution < -0.4 is 20.5 Å². The molecule has 2 atom stereocenters. The van der Waals surface area contributed by atoms with Gasteiger partial charge in [0.15, 0.2) is 0 Å². The van der Waals surface area contributed by atoms with Gasteiger partial charge < -0.3 is 25.6 Å². The largest absolute Gasteiger partial charge is 0.478 e. The van der Waals surface area contributed by atoms with Gasteiger partial charge in [-0.3, -0.25) is 14.8 Å². The van der Waals surface area contributed by atoms with Crippen molar-refractivity contribution in [2.75, 3.05) is 0 Å². The van der Waals surface area contributed by atoms with Crippen LogP contribution >= 0.6 is 0 Å². The monoisotopic (exact) mass is 708 g/mol. The van der Waals surface area contributed by atoms with Crippen LogP contribution in [0.5, 0.6) is 23.3 Å². The minimum Gasteiger partial charge on any atom is -0.478 e. The molecule has 0 aliphatic rings. The highest BCUT2D eigenvalue weighted by Gasteiger charge is 2.09. The van der Waals surface area contributed by atoms with Gasteiger partial charge >= 0.3 is 5.97 Å². The minimum absolute atomic E-state index is 0.00888. The Hall–Kier alpha value is -6.98. The molecule has 2 aromatic heterocycles. The highest BCUT2D eigenvalue weighted by atomic mass is 16.5. The van der Waals surface area contributed by atoms with Gasteiger partial charge in [0.1, 0.15) is 11.5 Å². The van der Waals surface area contributed by atoms with E-state index in [0.717, 1.165) is 34.1 Å². The number of carboxylic acid groups (broad SMARTS) is 1. The Morgan fingerprint density at radius 1 is 0.660 bits per heavy atom. The summed E-state index contributed by atoms with van der Waals surface area (Å²) >= 11 is 0. The highest BCUT2D eigenvalue weighted by molar-refractivity contribution is 5.92. The zero-order chi connectivity index (χ0) is 37.7. The number of nitrogens with two attached hydrogens (primary N) is 1. The molecule has 4 N–H and O–H groups in total. The molecule has 268 valence electrons. The predicted molar refractivity (Wildman–Crippen MR) is 205 cm³/mol. The van der Waals surface area contributed by atoms with Crippen LogP contribution in [-0.2, 0) is 9.59 Å². The van der Waals surface area contributed by atoms with Gasteiger partial charge in [0.25, 0.3) is 0 Å². The third kappa shape index (κ3) is 14.8. The van der Waals surface area contributed by atoms with Crippen molar-refractivity contribution >= 4 is 24.0 Å². The first-order chi connectivity index (χ1) is 25.7. The molecule has 6 rings (SSSR count). The van der Waals surface area contributed by atoms with Gasteiger partial charge in [-0.05, 0) is 72.5 Å². The summed E-state index contributed by atoms with van der Waals surface area (Å²) in [6, 6.07) is 34.0. The van der Waals surface area contributed by atoms with E-state index in [2.05, 4.69) is 25.3 Å². The van der Waals surface area contributed by atoms with Crippen molar-refractivity contribution in [2.24, 2.45) is 5.73 Å². The van der Waals surface area contributed by atoms with E-state index in [1.807, 2.05) is 123 Å². The molecule has 0 aliphatic heterocycles. The van der Waals surface area contributed by atoms with E-state index in [9.17, 15) is 9.59 Å². The summed E-state index contributed by atoms with van der Waals surface area (Å²) in [6.45, 7) is 3.86. The van der Waals surface area contributed by atoms with E-state index in [4.69, 9.17) is 20.3 Å². The fourth-order valence-electron chi connectivity index (χ4n) is 4.44. The quantitative estimate of drug-likeness (QED) is 0.112. The summed E-state index contributed by atoms with van der Waals surface area (Å²) in [6.07, 6.45) is 15.5. The number of amides is 1. The number of carbonyl (C=O) groups excluding carboxylic acids is 1. The lowest BCUT2D eigenvalue weighted by atomic mass is 10.1. The molecule has 53 heavy (non-hydrogen) atoms. The number of aromatic nitrogens is 4. The molecular weight excluding hydrogens is 668 g/mol. The van der Waals surface area contributed by atoms with E-state index >= 15 is 0 Å². The number of hydrogen-bond acceptors (Lipinski definition) is 9. The van der Waals surface area contributed by atoms with Gasteiger partial charge in [0, 0.05) is 43.0 Å². The first-order valence-electron chi connectivity index (χ1n) is 16.6. The maximum Gasteiger partial charge on any atom is 0.328 e. The summed E-state index contributed by atoms with van der Waals surface area (Å²) in [5, 5.41) is 11.2. The second kappa shape index (κ2) is 21.3. The summed E-state index contributed by atoms with van der Waals surface area (Å²) in [7, 11) is 0. The average molecular weight is 709 g/mol. The van der Waals surface area contributed by atoms with Crippen molar-refractivity contribution < 1.29 is 24.2 Å². The number of ether oxygens (including phenoxy) is 2. The van der Waals surface area contributed by atoms with Gasteiger partial charge in [-0.25, -0.2) is 14.8 Å². The van der Waals surface area contributed by atoms with Crippen molar-refractivity contribution in [1.29, 1.82) is 0 Å². The summed E-state index contributed by atoms with van der Waals surface area (Å²) in [5.41, 5.74) is 9.64. The van der Waals surface area contributed by atoms with Crippen molar-refractivity contribution in [3.63, 3.8) is 0 Å². The molecule has 0 radical (unpaired) electrons. The molecule has 11 nitrogen and oxygen atoms in total. The summed E-state index contributed by atoms with van der Waals surface area (Å²) in [5.74, 6) is 1.19. The van der Waals surface area contributed by atoms with Gasteiger partial charge in [-0.1, -0.05) is 84.9 Å². The molecule has 0 bridgehead atoms. The number of carboxylic acids is 1. The zero-order valence-electron chi connectivity index (χ0n) is 29.3. The number of rotatable bonds is 11. The van der Waals surface area contributed by atoms with Gasteiger partial charge in [-0.2, -0.15) is 0 Å². The first kappa shape index (κ1) is 38.8. The van der Waals surface area contributed by atoms with Crippen LogP contribution in [0.1, 0.15) is 48.2 Å². The van der Waals surface area contributed by atoms with E-state index in [0.29, 0.717) is 17.5 Å². The molecule has 11 heteroatoms. The van der Waals surface area contributed by atoms with E-state index in [1.165, 1.54) is 6.08 Å². The maximum absolute atomic E-state index is 12.1. The lowest BCUT2D eigenvalue weighted by Gasteiger charge is -2.14. The van der Waals surface area contributed by atoms with Crippen LogP contribution in [0.2, 0.25) is 0 Å². The van der Waals surface area contributed by atoms with Crippen LogP contribution in [0.3, 0.4) is 0 Å². The van der Waals surface area contributed by atoms with Crippen molar-refractivity contribution in [3.05, 3.63) is 181 Å². The Morgan fingerprint density at radius 3 is 1.62 bits per heavy atom. The fraction of sp³-hybridized carbons (Fsp3) is 0.0952. The molecule has 0 saturated heterocycles. The molecule has 6 aromatic rings. The molecular formula is C42H40N6O5. The van der Waals surface area contributed by atoms with Crippen LogP contribution in [-0.4, -0.2) is 36.9 Å². The van der Waals surface area contributed by atoms with Crippen molar-refractivity contribution in [2.45, 2.75) is 25.9 Å². The van der Waals surface area contributed by atoms with Crippen LogP contribution in [0.15, 0.2) is 159 Å². The van der Waals surface area contributed by atoms with Crippen molar-refractivity contribution in [1.82, 2.24) is 25.3 Å². The Labute approximate surface area is 308 Å². The zero-order valence-corrected chi connectivity index (χ0v) is 29.3. The molecule has 0 fully saturated rings. The Bertz CT molecular complexity index is 2050. The Balaban J connectivity index is 0.000000197. The number of nitrogens with zero attached hydrogens (tertiary/aromatic N) is 4. The molecule has 0 spiro atoms. The molecule has 0 unspecified atom stereocenters. The normalized spacial score (nSPS) is 11.6. The summed E-state index contributed by atoms with van der Waals surface area (Å²) in [4.78, 5) is 38.2. The van der Waals surface area contributed by atoms with Crippen molar-refractivity contribution in [3.8, 4) is 23.3 Å². The molecule has 2 heterocycles. The number of carbonyl (C=O) groups is 2. The van der Waals surface area contributed by atoms with Gasteiger partial charge in [0.05, 0.1) is 18.4 Å². The molecule has 4 aromatic carbocycles. The number of aliphatic carboxylic acids is 1. The Kier molecular flexibility index (Phi) is 15.6. The SMILES string of the molecule is C[C@H](N)c1cccc(Oc2cnccn2)c1.C[C@H](NC(=O)/C=C/c1ccccc1)c1cccc(Oc2cnccn2)c1.O=C(O)/C=C/c1ccccc1. The fourth-order valence-corrected chi connectivity index (χ4v) is 4.44. The summed E-state index contributed by atoms with van der Waals surface area (Å²) < 4.78 is 11.2. The predicted octanol–water partition coefficient (Wildman–Crippen LogP) is 8.23. The second-order valence-corrected chi connectivity index (χ2v) is 11.3. The van der Waals surface area contributed by atoms with Crippen LogP contribution in [0.25, 0.3) is 12.2 Å². The first-order valence-corrected chi connectivity index (χ1v) is 16.6. The minimum atomic E-state index is -0.922. The third-order valence-corrected chi connectivity index (χ3v) is 7.07. The number of nitrogens with one attached hydrogen (secondary N) is 1. The average Bonchev–Trinajstić information content (AvgIpc) is 3.18. The maximum atomic E-state index is 12.1. The third-order valence-electron chi connectivity index (χ3n) is 7.07. The standard InChI is InChI=1S/C21H19N3O2.C12H13N3O.C9H8O2/c1-16(24-20(25)11-10-17-6-3-2-4-7-17)18-8-5-9-19(14-18)26-21-15-22-12-13-23-21;1-9(13)10-3-2-4-11(7-10)16-12-8-14-5-6-15-12;10-9(11)7-6-8-4-2-1-3-5-8/h2-16H,1H3,(H,24,25);2-9H,13H2,1H3;1-7H,(H,10,11)/b11-10+;;7-6+/t16-;9-;/m00./s1. The molecule has 1 amide bonds. The van der Waals surface area contributed by atoms with Crippen LogP contribution in [0.4, 0.5) is 0 Å². The van der Waals surface area contributed by atoms with Crippen LogP contribution in [0, 0.1) is 0 Å². The topological polar surface area (TPSA) is 162 Å². The number of hydrogen-bond donors (Lipinski definition) is 3. The Morgan fingerprint density at radius 2 is 1.15 bits per heavy atom. The van der Waals surface area contributed by atoms with E-state index < -0.39 is 5.97 Å². The van der Waals surface area contributed by atoms with Gasteiger partial charge in [-0.15, -0.1) is 0 Å². The number of benzene rings is 4. The van der Waals surface area contributed by atoms with E-state index in [1.54, 1.807) is 49.3 Å². The lowest BCUT2D eigenvalue weighted by Crippen LogP contribution is -2.24. The second-order valence-electron chi connectivity index (χ2n) is 11.3. The van der Waals surface area contributed by atoms with Gasteiger partial charge in [0.2, 0.25) is 17.7 Å². The molecule has 0 saturated carbocycles. The van der Waals surface area contributed by atoms with E-state index in [-0.39, 0.29) is 18.0 Å².